The summed E-state index contributed by atoms with van der Waals surface area (Å²) < 4.78 is 0. The highest BCUT2D eigenvalue weighted by Gasteiger charge is 2.22. The van der Waals surface area contributed by atoms with Gasteiger partial charge in [0.2, 0.25) is 5.91 Å². The van der Waals surface area contributed by atoms with Gasteiger partial charge in [-0.05, 0) is 37.3 Å². The molecule has 0 spiro atoms. The third-order valence-corrected chi connectivity index (χ3v) is 3.71. The number of carbonyl (C=O) groups is 1. The number of likely N-dealkylation sites (N-methyl/N-ethyl adjacent to an activating group) is 1. The van der Waals surface area contributed by atoms with Crippen LogP contribution in [0.15, 0.2) is 36.9 Å². The molecule has 118 valence electrons. The Hall–Kier alpha value is -1.57. The number of hydrogen-bond acceptors (Lipinski definition) is 1. The monoisotopic (exact) mass is 289 g/mol. The molecule has 0 bridgehead atoms. The van der Waals surface area contributed by atoms with Crippen LogP contribution in [-0.4, -0.2) is 23.9 Å². The molecule has 0 heterocycles. The minimum Gasteiger partial charge on any atom is -0.339 e. The SMILES string of the molecule is C=CC(=O)N(CC)CCC(C)(C)c1ccc(C)cc1.CC. The van der Waals surface area contributed by atoms with Crippen LogP contribution in [0.1, 0.15) is 52.2 Å². The van der Waals surface area contributed by atoms with Crippen molar-refractivity contribution in [3.05, 3.63) is 48.0 Å². The van der Waals surface area contributed by atoms with E-state index >= 15 is 0 Å². The maximum Gasteiger partial charge on any atom is 0.245 e. The average Bonchev–Trinajstić information content (AvgIpc) is 2.50. The summed E-state index contributed by atoms with van der Waals surface area (Å²) in [6.45, 7) is 17.6. The maximum absolute atomic E-state index is 11.6. The summed E-state index contributed by atoms with van der Waals surface area (Å²) in [5.74, 6) is 0.0159. The van der Waals surface area contributed by atoms with E-state index in [0.717, 1.165) is 19.5 Å². The van der Waals surface area contributed by atoms with Crippen LogP contribution in [0, 0.1) is 6.92 Å². The quantitative estimate of drug-likeness (QED) is 0.694. The molecule has 0 aliphatic rings. The van der Waals surface area contributed by atoms with Gasteiger partial charge in [0.25, 0.3) is 0 Å². The second-order valence-electron chi connectivity index (χ2n) is 5.62. The number of aryl methyl sites for hydroxylation is 1. The Kier molecular flexibility index (Phi) is 8.68. The van der Waals surface area contributed by atoms with Crippen molar-refractivity contribution in [1.82, 2.24) is 4.90 Å². The number of rotatable bonds is 6. The predicted molar refractivity (Wildman–Crippen MR) is 92.6 cm³/mol. The molecule has 0 atom stereocenters. The van der Waals surface area contributed by atoms with E-state index in [1.807, 2.05) is 25.7 Å². The van der Waals surface area contributed by atoms with E-state index in [2.05, 4.69) is 51.6 Å². The van der Waals surface area contributed by atoms with Gasteiger partial charge in [0.1, 0.15) is 0 Å². The number of amides is 1. The molecule has 0 aromatic heterocycles. The van der Waals surface area contributed by atoms with Gasteiger partial charge in [-0.1, -0.05) is 64.1 Å². The van der Waals surface area contributed by atoms with E-state index in [9.17, 15) is 4.79 Å². The van der Waals surface area contributed by atoms with Crippen molar-refractivity contribution in [1.29, 1.82) is 0 Å². The van der Waals surface area contributed by atoms with Crippen LogP contribution >= 0.6 is 0 Å². The van der Waals surface area contributed by atoms with Gasteiger partial charge < -0.3 is 4.90 Å². The van der Waals surface area contributed by atoms with Crippen molar-refractivity contribution in [2.24, 2.45) is 0 Å². The molecule has 21 heavy (non-hydrogen) atoms. The summed E-state index contributed by atoms with van der Waals surface area (Å²) in [5.41, 5.74) is 2.67. The van der Waals surface area contributed by atoms with Crippen LogP contribution < -0.4 is 0 Å². The van der Waals surface area contributed by atoms with Crippen LogP contribution in [-0.2, 0) is 10.2 Å². The van der Waals surface area contributed by atoms with E-state index < -0.39 is 0 Å². The first-order chi connectivity index (χ1) is 9.90. The first kappa shape index (κ1) is 19.4. The molecule has 2 nitrogen and oxygen atoms in total. The molecule has 0 aliphatic carbocycles. The van der Waals surface area contributed by atoms with Crippen LogP contribution in [0.3, 0.4) is 0 Å². The molecule has 0 aliphatic heterocycles. The van der Waals surface area contributed by atoms with Gasteiger partial charge >= 0.3 is 0 Å². The molecule has 0 radical (unpaired) electrons. The Balaban J connectivity index is 0.00000191. The van der Waals surface area contributed by atoms with Crippen molar-refractivity contribution in [3.63, 3.8) is 0 Å². The summed E-state index contributed by atoms with van der Waals surface area (Å²) in [4.78, 5) is 13.5. The van der Waals surface area contributed by atoms with Crippen molar-refractivity contribution in [3.8, 4) is 0 Å². The van der Waals surface area contributed by atoms with Crippen molar-refractivity contribution in [2.45, 2.75) is 53.4 Å². The Morgan fingerprint density at radius 1 is 1.24 bits per heavy atom. The summed E-state index contributed by atoms with van der Waals surface area (Å²) in [5, 5.41) is 0. The summed E-state index contributed by atoms with van der Waals surface area (Å²) in [7, 11) is 0. The predicted octanol–water partition coefficient (Wildman–Crippen LogP) is 4.72. The van der Waals surface area contributed by atoms with Gasteiger partial charge in [0.05, 0.1) is 0 Å². The molecule has 1 aromatic rings. The lowest BCUT2D eigenvalue weighted by Crippen LogP contribution is -2.33. The molecular formula is C19H31NO. The molecule has 1 aromatic carbocycles. The van der Waals surface area contributed by atoms with Gasteiger partial charge in [-0.2, -0.15) is 0 Å². The van der Waals surface area contributed by atoms with Gasteiger partial charge in [0.15, 0.2) is 0 Å². The van der Waals surface area contributed by atoms with Crippen LogP contribution in [0.4, 0.5) is 0 Å². The summed E-state index contributed by atoms with van der Waals surface area (Å²) in [6, 6.07) is 8.65. The molecule has 0 saturated carbocycles. The van der Waals surface area contributed by atoms with Crippen LogP contribution in [0.2, 0.25) is 0 Å². The van der Waals surface area contributed by atoms with Gasteiger partial charge in [-0.15, -0.1) is 0 Å². The van der Waals surface area contributed by atoms with E-state index in [4.69, 9.17) is 0 Å². The largest absolute Gasteiger partial charge is 0.339 e. The number of nitrogens with zero attached hydrogens (tertiary/aromatic N) is 1. The van der Waals surface area contributed by atoms with E-state index in [0.29, 0.717) is 0 Å². The second-order valence-corrected chi connectivity index (χ2v) is 5.62. The molecule has 1 rings (SSSR count). The zero-order valence-electron chi connectivity index (χ0n) is 14.6. The Labute approximate surface area is 130 Å². The molecule has 0 fully saturated rings. The molecule has 2 heteroatoms. The first-order valence-electron chi connectivity index (χ1n) is 7.89. The minimum atomic E-state index is 0.0159. The molecular weight excluding hydrogens is 258 g/mol. The zero-order valence-corrected chi connectivity index (χ0v) is 14.6. The van der Waals surface area contributed by atoms with E-state index in [1.165, 1.54) is 17.2 Å². The Morgan fingerprint density at radius 2 is 1.76 bits per heavy atom. The van der Waals surface area contributed by atoms with E-state index in [1.54, 1.807) is 0 Å². The van der Waals surface area contributed by atoms with Crippen molar-refractivity contribution >= 4 is 5.91 Å². The standard InChI is InChI=1S/C17H25NO.C2H6/c1-6-16(19)18(7-2)13-12-17(4,5)15-10-8-14(3)9-11-15;1-2/h6,8-11H,1,7,12-13H2,2-5H3;1-2H3. The minimum absolute atomic E-state index is 0.0159. The first-order valence-corrected chi connectivity index (χ1v) is 7.89. The number of carbonyl (C=O) groups excluding carboxylic acids is 1. The number of hydrogen-bond donors (Lipinski definition) is 0. The maximum atomic E-state index is 11.6. The fourth-order valence-corrected chi connectivity index (χ4v) is 2.12. The molecule has 0 unspecified atom stereocenters. The molecule has 0 saturated heterocycles. The topological polar surface area (TPSA) is 20.3 Å². The lowest BCUT2D eigenvalue weighted by molar-refractivity contribution is -0.126. The normalized spacial score (nSPS) is 10.4. The molecule has 0 N–H and O–H groups in total. The smallest absolute Gasteiger partial charge is 0.245 e. The van der Waals surface area contributed by atoms with Crippen molar-refractivity contribution < 1.29 is 4.79 Å². The number of benzene rings is 1. The zero-order chi connectivity index (χ0) is 16.5. The van der Waals surface area contributed by atoms with Crippen molar-refractivity contribution in [2.75, 3.05) is 13.1 Å². The Morgan fingerprint density at radius 3 is 2.19 bits per heavy atom. The summed E-state index contributed by atoms with van der Waals surface area (Å²) in [6.07, 6.45) is 2.34. The lowest BCUT2D eigenvalue weighted by atomic mass is 9.81. The fourth-order valence-electron chi connectivity index (χ4n) is 2.12. The average molecular weight is 289 g/mol. The molecule has 1 amide bonds. The second kappa shape index (κ2) is 9.38. The van der Waals surface area contributed by atoms with E-state index in [-0.39, 0.29) is 11.3 Å². The van der Waals surface area contributed by atoms with Gasteiger partial charge in [-0.25, -0.2) is 0 Å². The van der Waals surface area contributed by atoms with Gasteiger partial charge in [0, 0.05) is 13.1 Å². The highest BCUT2D eigenvalue weighted by molar-refractivity contribution is 5.86. The Bertz CT molecular complexity index is 431. The van der Waals surface area contributed by atoms with Crippen LogP contribution in [0.5, 0.6) is 0 Å². The van der Waals surface area contributed by atoms with Crippen LogP contribution in [0.25, 0.3) is 0 Å². The van der Waals surface area contributed by atoms with Gasteiger partial charge in [-0.3, -0.25) is 4.79 Å². The third-order valence-electron chi connectivity index (χ3n) is 3.71. The lowest BCUT2D eigenvalue weighted by Gasteiger charge is -2.29. The summed E-state index contributed by atoms with van der Waals surface area (Å²) >= 11 is 0. The highest BCUT2D eigenvalue weighted by atomic mass is 16.2. The fraction of sp³-hybridized carbons (Fsp3) is 0.526. The highest BCUT2D eigenvalue weighted by Crippen LogP contribution is 2.27. The third kappa shape index (κ3) is 6.16.